The van der Waals surface area contributed by atoms with E-state index in [2.05, 4.69) is 4.98 Å². The highest BCUT2D eigenvalue weighted by Gasteiger charge is 2.25. The zero-order chi connectivity index (χ0) is 17.3. The minimum absolute atomic E-state index is 0.0468. The van der Waals surface area contributed by atoms with Crippen molar-refractivity contribution in [2.24, 2.45) is 0 Å². The van der Waals surface area contributed by atoms with Gasteiger partial charge in [0.2, 0.25) is 6.79 Å². The van der Waals surface area contributed by atoms with Crippen molar-refractivity contribution >= 4 is 34.4 Å². The van der Waals surface area contributed by atoms with Crippen molar-refractivity contribution in [1.82, 2.24) is 4.98 Å². The largest absolute Gasteiger partial charge is 0.506 e. The molecule has 1 N–H and O–H groups in total. The van der Waals surface area contributed by atoms with Crippen LogP contribution in [0.4, 0.5) is 0 Å². The highest BCUT2D eigenvalue weighted by atomic mass is 32.2. The number of rotatable bonds is 5. The Hall–Kier alpha value is -2.48. The van der Waals surface area contributed by atoms with Crippen LogP contribution in [-0.4, -0.2) is 41.0 Å². The molecule has 24 heavy (non-hydrogen) atoms. The van der Waals surface area contributed by atoms with Gasteiger partial charge in [0.25, 0.3) is 0 Å². The van der Waals surface area contributed by atoms with Gasteiger partial charge < -0.3 is 19.3 Å². The van der Waals surface area contributed by atoms with E-state index in [0.29, 0.717) is 22.4 Å². The van der Waals surface area contributed by atoms with E-state index >= 15 is 0 Å². The molecular formula is C16H15NO6S. The number of Topliss-reactive ketones (excluding diaryl/α,β-unsaturated/α-hetero) is 1. The summed E-state index contributed by atoms with van der Waals surface area (Å²) < 4.78 is 15.6. The molecule has 0 bridgehead atoms. The Bertz CT molecular complexity index is 835. The van der Waals surface area contributed by atoms with Gasteiger partial charge >= 0.3 is 5.97 Å². The maximum Gasteiger partial charge on any atom is 0.344 e. The van der Waals surface area contributed by atoms with Crippen LogP contribution in [0, 0.1) is 0 Å². The van der Waals surface area contributed by atoms with E-state index in [9.17, 15) is 14.7 Å². The smallest absolute Gasteiger partial charge is 0.344 e. The van der Waals surface area contributed by atoms with Crippen LogP contribution in [-0.2, 0) is 9.53 Å². The zero-order valence-corrected chi connectivity index (χ0v) is 13.9. The molecule has 126 valence electrons. The van der Waals surface area contributed by atoms with Gasteiger partial charge in [-0.2, -0.15) is 0 Å². The summed E-state index contributed by atoms with van der Waals surface area (Å²) in [5.41, 5.74) is 0.394. The molecule has 8 heteroatoms. The fourth-order valence-corrected chi connectivity index (χ4v) is 3.10. The van der Waals surface area contributed by atoms with Crippen molar-refractivity contribution in [3.8, 4) is 17.2 Å². The van der Waals surface area contributed by atoms with Crippen molar-refractivity contribution in [1.29, 1.82) is 0 Å². The Kier molecular flexibility index (Phi) is 4.48. The van der Waals surface area contributed by atoms with Gasteiger partial charge in [0.1, 0.15) is 22.1 Å². The van der Waals surface area contributed by atoms with Gasteiger partial charge in [-0.15, -0.1) is 0 Å². The molecule has 7 nitrogen and oxygen atoms in total. The van der Waals surface area contributed by atoms with Crippen LogP contribution in [0.3, 0.4) is 0 Å². The molecular weight excluding hydrogens is 334 g/mol. The van der Waals surface area contributed by atoms with Crippen LogP contribution in [0.2, 0.25) is 0 Å². The molecule has 1 aliphatic heterocycles. The van der Waals surface area contributed by atoms with E-state index in [0.717, 1.165) is 11.8 Å². The second-order valence-corrected chi connectivity index (χ2v) is 6.04. The normalized spacial score (nSPS) is 12.4. The lowest BCUT2D eigenvalue weighted by Crippen LogP contribution is -2.09. The average Bonchev–Trinajstić information content (AvgIpc) is 2.98. The van der Waals surface area contributed by atoms with E-state index in [4.69, 9.17) is 14.2 Å². The van der Waals surface area contributed by atoms with E-state index < -0.39 is 5.97 Å². The van der Waals surface area contributed by atoms with E-state index in [1.807, 2.05) is 0 Å². The molecule has 0 amide bonds. The van der Waals surface area contributed by atoms with Crippen LogP contribution in [0.15, 0.2) is 17.2 Å². The summed E-state index contributed by atoms with van der Waals surface area (Å²) in [6.07, 6.45) is 0. The molecule has 0 saturated carbocycles. The number of esters is 1. The molecule has 2 heterocycles. The first-order valence-corrected chi connectivity index (χ1v) is 8.25. The van der Waals surface area contributed by atoms with Gasteiger partial charge in [-0.25, -0.2) is 9.78 Å². The molecule has 0 radical (unpaired) electrons. The number of ether oxygens (including phenoxy) is 3. The summed E-state index contributed by atoms with van der Waals surface area (Å²) in [6.45, 7) is 3.36. The lowest BCUT2D eigenvalue weighted by Gasteiger charge is -2.12. The maximum absolute atomic E-state index is 12.2. The summed E-state index contributed by atoms with van der Waals surface area (Å²) >= 11 is 1.08. The Morgan fingerprint density at radius 2 is 2.04 bits per heavy atom. The number of thioether (sulfide) groups is 1. The summed E-state index contributed by atoms with van der Waals surface area (Å²) in [4.78, 5) is 27.9. The van der Waals surface area contributed by atoms with Gasteiger partial charge in [-0.3, -0.25) is 4.79 Å². The Balaban J connectivity index is 2.17. The van der Waals surface area contributed by atoms with Crippen molar-refractivity contribution in [3.05, 3.63) is 17.7 Å². The maximum atomic E-state index is 12.2. The molecule has 0 fully saturated rings. The minimum atomic E-state index is -0.687. The second kappa shape index (κ2) is 6.56. The molecule has 1 aromatic heterocycles. The van der Waals surface area contributed by atoms with Crippen LogP contribution in [0.1, 0.15) is 24.2 Å². The standard InChI is InChI=1S/C16H15NO6S/c1-3-21-16(20)13-14(19)9-4-11-12(23-7-22-11)5-10(9)17-15(13)24-6-8(2)18/h4-5H,3,6-7H2,1-2H3,(H,17,19). The molecule has 1 aliphatic rings. The third-order valence-corrected chi connectivity index (χ3v) is 4.43. The number of aromatic hydroxyl groups is 1. The first kappa shape index (κ1) is 16.4. The highest BCUT2D eigenvalue weighted by molar-refractivity contribution is 8.00. The monoisotopic (exact) mass is 349 g/mol. The quantitative estimate of drug-likeness (QED) is 0.650. The molecule has 3 rings (SSSR count). The molecule has 0 unspecified atom stereocenters. The number of nitrogens with zero attached hydrogens (tertiary/aromatic N) is 1. The Morgan fingerprint density at radius 1 is 1.33 bits per heavy atom. The first-order valence-electron chi connectivity index (χ1n) is 7.27. The minimum Gasteiger partial charge on any atom is -0.506 e. The third kappa shape index (κ3) is 2.96. The number of ketones is 1. The van der Waals surface area contributed by atoms with E-state index in [1.54, 1.807) is 19.1 Å². The molecule has 0 spiro atoms. The molecule has 1 aromatic carbocycles. The lowest BCUT2D eigenvalue weighted by molar-refractivity contribution is -0.114. The number of hydrogen-bond donors (Lipinski definition) is 1. The average molecular weight is 349 g/mol. The highest BCUT2D eigenvalue weighted by Crippen LogP contribution is 2.41. The van der Waals surface area contributed by atoms with Crippen molar-refractivity contribution < 1.29 is 28.9 Å². The molecule has 2 aromatic rings. The van der Waals surface area contributed by atoms with Gasteiger partial charge in [-0.05, 0) is 19.9 Å². The summed E-state index contributed by atoms with van der Waals surface area (Å²) in [5.74, 6) is 0.117. The van der Waals surface area contributed by atoms with E-state index in [-0.39, 0.29) is 41.3 Å². The Labute approximate surface area is 141 Å². The van der Waals surface area contributed by atoms with E-state index in [1.165, 1.54) is 6.92 Å². The summed E-state index contributed by atoms with van der Waals surface area (Å²) in [5, 5.41) is 11.2. The van der Waals surface area contributed by atoms with Gasteiger partial charge in [-0.1, -0.05) is 11.8 Å². The van der Waals surface area contributed by atoms with Gasteiger partial charge in [0.05, 0.1) is 17.9 Å². The van der Waals surface area contributed by atoms with Gasteiger partial charge in [0.15, 0.2) is 11.5 Å². The Morgan fingerprint density at radius 3 is 2.71 bits per heavy atom. The number of carbonyl (C=O) groups is 2. The number of hydrogen-bond acceptors (Lipinski definition) is 8. The molecule has 0 aliphatic carbocycles. The number of carbonyl (C=O) groups excluding carboxylic acids is 2. The summed E-state index contributed by atoms with van der Waals surface area (Å²) in [7, 11) is 0. The van der Waals surface area contributed by atoms with Crippen molar-refractivity contribution in [2.75, 3.05) is 19.2 Å². The van der Waals surface area contributed by atoms with Gasteiger partial charge in [0, 0.05) is 11.5 Å². The second-order valence-electron chi connectivity index (χ2n) is 5.07. The molecule has 0 atom stereocenters. The topological polar surface area (TPSA) is 95.0 Å². The third-order valence-electron chi connectivity index (χ3n) is 3.31. The number of pyridine rings is 1. The fourth-order valence-electron chi connectivity index (χ4n) is 2.28. The van der Waals surface area contributed by atoms with Crippen molar-refractivity contribution in [2.45, 2.75) is 18.9 Å². The van der Waals surface area contributed by atoms with Crippen LogP contribution in [0.5, 0.6) is 17.2 Å². The zero-order valence-electron chi connectivity index (χ0n) is 13.1. The van der Waals surface area contributed by atoms with Crippen LogP contribution < -0.4 is 9.47 Å². The molecule has 0 saturated heterocycles. The predicted molar refractivity (Wildman–Crippen MR) is 86.9 cm³/mol. The number of benzene rings is 1. The predicted octanol–water partition coefficient (Wildman–Crippen LogP) is 2.53. The fraction of sp³-hybridized carbons (Fsp3) is 0.312. The number of aromatic nitrogens is 1. The van der Waals surface area contributed by atoms with Crippen molar-refractivity contribution in [3.63, 3.8) is 0 Å². The van der Waals surface area contributed by atoms with Crippen LogP contribution >= 0.6 is 11.8 Å². The van der Waals surface area contributed by atoms with Crippen LogP contribution in [0.25, 0.3) is 10.9 Å². The lowest BCUT2D eigenvalue weighted by atomic mass is 10.1. The number of fused-ring (bicyclic) bond motifs is 2. The summed E-state index contributed by atoms with van der Waals surface area (Å²) in [6, 6.07) is 3.20. The SMILES string of the molecule is CCOC(=O)c1c(SCC(C)=O)nc2cc3c(cc2c1O)OCO3. The first-order chi connectivity index (χ1) is 11.5.